The maximum Gasteiger partial charge on any atom is 0.325 e. The summed E-state index contributed by atoms with van der Waals surface area (Å²) in [5.74, 6) is -0.263. The van der Waals surface area contributed by atoms with Crippen LogP contribution in [0.2, 0.25) is 0 Å². The Balaban J connectivity index is 2.15. The number of hydrogen-bond acceptors (Lipinski definition) is 3. The number of urea groups is 1. The lowest BCUT2D eigenvalue weighted by Crippen LogP contribution is -2.27. The van der Waals surface area contributed by atoms with Crippen LogP contribution in [-0.2, 0) is 16.8 Å². The van der Waals surface area contributed by atoms with Crippen LogP contribution >= 0.6 is 23.2 Å². The fraction of sp³-hybridized carbons (Fsp3) is 0.0909. The van der Waals surface area contributed by atoms with Crippen molar-refractivity contribution in [3.05, 3.63) is 46.1 Å². The molecule has 1 saturated heterocycles. The summed E-state index contributed by atoms with van der Waals surface area (Å²) in [5, 5.41) is 4.44. The van der Waals surface area contributed by atoms with E-state index in [1.165, 1.54) is 0 Å². The third-order valence-corrected chi connectivity index (χ3v) is 3.72. The van der Waals surface area contributed by atoms with Gasteiger partial charge in [0.15, 0.2) is 5.84 Å². The summed E-state index contributed by atoms with van der Waals surface area (Å²) in [7, 11) is -4.02. The smallest absolute Gasteiger partial charge is 0.302 e. The predicted molar refractivity (Wildman–Crippen MR) is 80.0 cm³/mol. The van der Waals surface area contributed by atoms with Crippen molar-refractivity contribution in [1.82, 2.24) is 15.4 Å². The molecule has 3 N–H and O–H groups in total. The fourth-order valence-electron chi connectivity index (χ4n) is 1.50. The Bertz CT molecular complexity index is 712. The summed E-state index contributed by atoms with van der Waals surface area (Å²) in [6, 6.07) is 8.23. The van der Waals surface area contributed by atoms with Gasteiger partial charge < -0.3 is 5.32 Å². The van der Waals surface area contributed by atoms with E-state index in [4.69, 9.17) is 23.2 Å². The van der Waals surface area contributed by atoms with Crippen molar-refractivity contribution >= 4 is 45.3 Å². The Morgan fingerprint density at radius 2 is 1.86 bits per heavy atom. The molecule has 1 aromatic carbocycles. The second-order valence-electron chi connectivity index (χ2n) is 3.94. The molecule has 21 heavy (non-hydrogen) atoms. The van der Waals surface area contributed by atoms with Crippen LogP contribution in [0.3, 0.4) is 0 Å². The minimum atomic E-state index is -4.02. The largest absolute Gasteiger partial charge is 0.325 e. The highest BCUT2D eigenvalue weighted by Gasteiger charge is 2.26. The van der Waals surface area contributed by atoms with Crippen molar-refractivity contribution in [3.63, 3.8) is 0 Å². The minimum absolute atomic E-state index is 0.0645. The highest BCUT2D eigenvalue weighted by atomic mass is 35.5. The lowest BCUT2D eigenvalue weighted by Gasteiger charge is -2.04. The summed E-state index contributed by atoms with van der Waals surface area (Å²) in [4.78, 5) is 11.2. The highest BCUT2D eigenvalue weighted by molar-refractivity contribution is 7.88. The number of hydrogen-bond donors (Lipinski definition) is 3. The van der Waals surface area contributed by atoms with Crippen LogP contribution in [-0.4, -0.2) is 20.3 Å². The topological polar surface area (TPSA) is 99.7 Å². The number of nitrogens with zero attached hydrogens (tertiary/aromatic N) is 1. The summed E-state index contributed by atoms with van der Waals surface area (Å²) in [5.41, 5.74) is 0.675. The first kappa shape index (κ1) is 15.8. The second-order valence-corrected chi connectivity index (χ2v) is 6.31. The van der Waals surface area contributed by atoms with E-state index in [0.29, 0.717) is 0 Å². The zero-order chi connectivity index (χ0) is 15.5. The molecule has 2 amide bonds. The molecule has 1 aliphatic heterocycles. The van der Waals surface area contributed by atoms with Gasteiger partial charge in [0.2, 0.25) is 0 Å². The SMILES string of the molecule is O=C1NC(=NS(=O)(=O)NCc2ccccc2)C(=C(Cl)Cl)N1. The van der Waals surface area contributed by atoms with Gasteiger partial charge in [-0.2, -0.15) is 13.1 Å². The summed E-state index contributed by atoms with van der Waals surface area (Å²) < 4.78 is 29.1. The number of amides is 2. The molecule has 0 aromatic heterocycles. The van der Waals surface area contributed by atoms with Gasteiger partial charge in [0.25, 0.3) is 0 Å². The van der Waals surface area contributed by atoms with Crippen LogP contribution in [0, 0.1) is 0 Å². The molecule has 1 aromatic rings. The number of halogens is 2. The van der Waals surface area contributed by atoms with E-state index in [9.17, 15) is 13.2 Å². The van der Waals surface area contributed by atoms with Crippen LogP contribution < -0.4 is 15.4 Å². The third kappa shape index (κ3) is 4.43. The van der Waals surface area contributed by atoms with Gasteiger partial charge in [-0.25, -0.2) is 4.79 Å². The zero-order valence-corrected chi connectivity index (χ0v) is 12.8. The van der Waals surface area contributed by atoms with Crippen molar-refractivity contribution in [3.8, 4) is 0 Å². The van der Waals surface area contributed by atoms with Crippen LogP contribution in [0.5, 0.6) is 0 Å². The molecule has 1 fully saturated rings. The van der Waals surface area contributed by atoms with E-state index in [2.05, 4.69) is 19.8 Å². The Hall–Kier alpha value is -1.61. The summed E-state index contributed by atoms with van der Waals surface area (Å²) >= 11 is 11.1. The van der Waals surface area contributed by atoms with Gasteiger partial charge in [0.05, 0.1) is 0 Å². The van der Waals surface area contributed by atoms with Crippen molar-refractivity contribution in [2.75, 3.05) is 0 Å². The minimum Gasteiger partial charge on any atom is -0.302 e. The van der Waals surface area contributed by atoms with Gasteiger partial charge in [-0.15, -0.1) is 4.40 Å². The van der Waals surface area contributed by atoms with Gasteiger partial charge in [0.1, 0.15) is 10.2 Å². The van der Waals surface area contributed by atoms with Crippen LogP contribution in [0.1, 0.15) is 5.56 Å². The average molecular weight is 349 g/mol. The molecule has 7 nitrogen and oxygen atoms in total. The normalized spacial score (nSPS) is 16.8. The molecular weight excluding hydrogens is 339 g/mol. The Kier molecular flexibility index (Phi) is 4.84. The van der Waals surface area contributed by atoms with Gasteiger partial charge in [-0.3, -0.25) is 5.32 Å². The van der Waals surface area contributed by atoms with E-state index in [0.717, 1.165) is 5.56 Å². The number of carbonyl (C=O) groups is 1. The molecule has 0 unspecified atom stereocenters. The van der Waals surface area contributed by atoms with Crippen LogP contribution in [0.25, 0.3) is 0 Å². The van der Waals surface area contributed by atoms with Crippen molar-refractivity contribution in [2.24, 2.45) is 4.40 Å². The molecule has 0 spiro atoms. The molecular formula is C11H10Cl2N4O3S. The number of amidine groups is 1. The highest BCUT2D eigenvalue weighted by Crippen LogP contribution is 2.16. The third-order valence-electron chi connectivity index (χ3n) is 2.41. The molecule has 0 bridgehead atoms. The average Bonchev–Trinajstić information content (AvgIpc) is 2.78. The number of nitrogens with one attached hydrogen (secondary N) is 3. The quantitative estimate of drug-likeness (QED) is 0.766. The lowest BCUT2D eigenvalue weighted by molar-refractivity contribution is 0.250. The summed E-state index contributed by atoms with van der Waals surface area (Å²) in [6.07, 6.45) is 0. The molecule has 0 saturated carbocycles. The van der Waals surface area contributed by atoms with Gasteiger partial charge >= 0.3 is 16.2 Å². The molecule has 10 heteroatoms. The maximum absolute atomic E-state index is 11.8. The second kappa shape index (κ2) is 6.44. The molecule has 1 heterocycles. The van der Waals surface area contributed by atoms with Crippen molar-refractivity contribution in [1.29, 1.82) is 0 Å². The van der Waals surface area contributed by atoms with E-state index < -0.39 is 16.2 Å². The molecule has 2 rings (SSSR count). The van der Waals surface area contributed by atoms with Gasteiger partial charge in [-0.1, -0.05) is 53.5 Å². The molecule has 0 aliphatic carbocycles. The first-order valence-electron chi connectivity index (χ1n) is 5.64. The van der Waals surface area contributed by atoms with Gasteiger partial charge in [-0.05, 0) is 5.56 Å². The first-order chi connectivity index (χ1) is 9.87. The Labute approximate surface area is 131 Å². The van der Waals surface area contributed by atoms with Crippen LogP contribution in [0.4, 0.5) is 4.79 Å². The van der Waals surface area contributed by atoms with E-state index in [-0.39, 0.29) is 22.6 Å². The first-order valence-corrected chi connectivity index (χ1v) is 7.84. The number of benzene rings is 1. The van der Waals surface area contributed by atoms with Crippen LogP contribution in [0.15, 0.2) is 44.9 Å². The number of rotatable bonds is 4. The Morgan fingerprint density at radius 1 is 1.19 bits per heavy atom. The fourth-order valence-corrected chi connectivity index (χ4v) is 2.57. The molecule has 1 aliphatic rings. The van der Waals surface area contributed by atoms with Crippen molar-refractivity contribution in [2.45, 2.75) is 6.54 Å². The Morgan fingerprint density at radius 3 is 2.48 bits per heavy atom. The molecule has 0 radical (unpaired) electrons. The monoisotopic (exact) mass is 348 g/mol. The maximum atomic E-state index is 11.8. The number of carbonyl (C=O) groups excluding carboxylic acids is 1. The zero-order valence-electron chi connectivity index (χ0n) is 10.4. The van der Waals surface area contributed by atoms with Crippen molar-refractivity contribution < 1.29 is 13.2 Å². The molecule has 112 valence electrons. The van der Waals surface area contributed by atoms with E-state index in [1.807, 2.05) is 6.07 Å². The summed E-state index contributed by atoms with van der Waals surface area (Å²) in [6.45, 7) is 0.0645. The van der Waals surface area contributed by atoms with E-state index in [1.54, 1.807) is 24.3 Å². The standard InChI is InChI=1S/C11H10Cl2N4O3S/c12-9(13)8-10(16-11(18)15-8)17-21(19,20)14-6-7-4-2-1-3-5-7/h1-5,14H,6H2,(H2,15,16,17,18). The van der Waals surface area contributed by atoms with E-state index >= 15 is 0 Å². The predicted octanol–water partition coefficient (Wildman–Crippen LogP) is 1.38. The molecule has 0 atom stereocenters. The lowest BCUT2D eigenvalue weighted by atomic mass is 10.2. The van der Waals surface area contributed by atoms with Gasteiger partial charge in [0, 0.05) is 6.54 Å².